The topological polar surface area (TPSA) is 75.6 Å². The van der Waals surface area contributed by atoms with Crippen molar-refractivity contribution in [2.45, 2.75) is 46.5 Å². The van der Waals surface area contributed by atoms with Gasteiger partial charge in [-0.05, 0) is 31.6 Å². The van der Waals surface area contributed by atoms with Gasteiger partial charge in [0.1, 0.15) is 0 Å². The van der Waals surface area contributed by atoms with Crippen molar-refractivity contribution in [3.05, 3.63) is 0 Å². The molecule has 0 aromatic carbocycles. The fourth-order valence-electron chi connectivity index (χ4n) is 2.73. The molecule has 0 aliphatic carbocycles. The molecule has 1 aliphatic rings. The van der Waals surface area contributed by atoms with Crippen molar-refractivity contribution in [2.75, 3.05) is 19.8 Å². The van der Waals surface area contributed by atoms with E-state index in [1.54, 1.807) is 0 Å². The predicted molar refractivity (Wildman–Crippen MR) is 76.4 cm³/mol. The van der Waals surface area contributed by atoms with Crippen LogP contribution in [0.4, 0.5) is 0 Å². The molecular formula is C15H27NO4. The van der Waals surface area contributed by atoms with E-state index in [2.05, 4.69) is 5.32 Å². The number of carbonyl (C=O) groups is 2. The number of ether oxygens (including phenoxy) is 1. The largest absolute Gasteiger partial charge is 0.481 e. The Kier molecular flexibility index (Phi) is 6.46. The maximum Gasteiger partial charge on any atom is 0.311 e. The zero-order valence-corrected chi connectivity index (χ0v) is 12.8. The summed E-state index contributed by atoms with van der Waals surface area (Å²) in [5, 5.41) is 12.2. The van der Waals surface area contributed by atoms with E-state index in [1.807, 2.05) is 20.8 Å². The Balaban J connectivity index is 2.54. The van der Waals surface area contributed by atoms with E-state index >= 15 is 0 Å². The van der Waals surface area contributed by atoms with Crippen LogP contribution in [0.2, 0.25) is 0 Å². The van der Waals surface area contributed by atoms with Crippen LogP contribution in [0, 0.1) is 17.3 Å². The lowest BCUT2D eigenvalue weighted by molar-refractivity contribution is -0.149. The highest BCUT2D eigenvalue weighted by molar-refractivity contribution is 5.80. The Bertz CT molecular complexity index is 333. The minimum Gasteiger partial charge on any atom is -0.481 e. The molecule has 5 nitrogen and oxygen atoms in total. The van der Waals surface area contributed by atoms with E-state index in [0.29, 0.717) is 32.0 Å². The summed E-state index contributed by atoms with van der Waals surface area (Å²) in [6, 6.07) is 0. The molecule has 1 saturated heterocycles. The zero-order valence-electron chi connectivity index (χ0n) is 12.8. The standard InChI is InChI=1S/C15H27NO4/c1-4-15(5-2,14(18)19)10-16-13(17)11(3)12-6-8-20-9-7-12/h11-12H,4-10H2,1-3H3,(H,16,17)(H,18,19). The number of aliphatic carboxylic acids is 1. The predicted octanol–water partition coefficient (Wildman–Crippen LogP) is 2.06. The van der Waals surface area contributed by atoms with Gasteiger partial charge in [0.2, 0.25) is 5.91 Å². The summed E-state index contributed by atoms with van der Waals surface area (Å²) in [4.78, 5) is 23.6. The Morgan fingerprint density at radius 3 is 2.30 bits per heavy atom. The van der Waals surface area contributed by atoms with Crippen molar-refractivity contribution in [1.29, 1.82) is 0 Å². The molecule has 5 heteroatoms. The molecule has 1 unspecified atom stereocenters. The first kappa shape index (κ1) is 17.0. The van der Waals surface area contributed by atoms with Gasteiger partial charge in [-0.2, -0.15) is 0 Å². The van der Waals surface area contributed by atoms with Crippen LogP contribution in [0.3, 0.4) is 0 Å². The molecule has 20 heavy (non-hydrogen) atoms. The van der Waals surface area contributed by atoms with Crippen molar-refractivity contribution in [3.63, 3.8) is 0 Å². The molecule has 1 amide bonds. The van der Waals surface area contributed by atoms with Crippen LogP contribution in [-0.4, -0.2) is 36.7 Å². The summed E-state index contributed by atoms with van der Waals surface area (Å²) in [5.41, 5.74) is -0.842. The molecule has 0 spiro atoms. The molecule has 0 saturated carbocycles. The number of hydrogen-bond acceptors (Lipinski definition) is 3. The number of amides is 1. The molecule has 0 aromatic rings. The Morgan fingerprint density at radius 2 is 1.85 bits per heavy atom. The van der Waals surface area contributed by atoms with E-state index in [0.717, 1.165) is 12.8 Å². The first-order valence-corrected chi connectivity index (χ1v) is 7.55. The lowest BCUT2D eigenvalue weighted by Crippen LogP contribution is -2.45. The van der Waals surface area contributed by atoms with E-state index in [9.17, 15) is 14.7 Å². The third kappa shape index (κ3) is 3.95. The number of carboxylic acids is 1. The van der Waals surface area contributed by atoms with Crippen LogP contribution in [0.15, 0.2) is 0 Å². The second kappa shape index (κ2) is 7.62. The van der Waals surface area contributed by atoms with Gasteiger partial charge in [0.15, 0.2) is 0 Å². The van der Waals surface area contributed by atoms with Crippen molar-refractivity contribution >= 4 is 11.9 Å². The highest BCUT2D eigenvalue weighted by Crippen LogP contribution is 2.27. The van der Waals surface area contributed by atoms with Crippen molar-refractivity contribution < 1.29 is 19.4 Å². The van der Waals surface area contributed by atoms with Gasteiger partial charge in [0.25, 0.3) is 0 Å². The summed E-state index contributed by atoms with van der Waals surface area (Å²) in [5.74, 6) is -0.615. The third-order valence-electron chi connectivity index (χ3n) is 4.79. The molecule has 0 radical (unpaired) electrons. The summed E-state index contributed by atoms with van der Waals surface area (Å²) < 4.78 is 5.30. The van der Waals surface area contributed by atoms with E-state index in [4.69, 9.17) is 4.74 Å². The fraction of sp³-hybridized carbons (Fsp3) is 0.867. The molecule has 116 valence electrons. The van der Waals surface area contributed by atoms with Gasteiger partial charge in [-0.3, -0.25) is 9.59 Å². The highest BCUT2D eigenvalue weighted by Gasteiger charge is 2.36. The fourth-order valence-corrected chi connectivity index (χ4v) is 2.73. The summed E-state index contributed by atoms with van der Waals surface area (Å²) in [7, 11) is 0. The molecule has 1 atom stereocenters. The Labute approximate surface area is 121 Å². The monoisotopic (exact) mass is 285 g/mol. The maximum absolute atomic E-state index is 12.2. The Morgan fingerprint density at radius 1 is 1.30 bits per heavy atom. The second-order valence-electron chi connectivity index (χ2n) is 5.75. The van der Waals surface area contributed by atoms with Crippen LogP contribution in [0.1, 0.15) is 46.5 Å². The molecule has 1 rings (SSSR count). The van der Waals surface area contributed by atoms with Crippen LogP contribution < -0.4 is 5.32 Å². The highest BCUT2D eigenvalue weighted by atomic mass is 16.5. The number of rotatable bonds is 7. The average molecular weight is 285 g/mol. The van der Waals surface area contributed by atoms with E-state index in [1.165, 1.54) is 0 Å². The van der Waals surface area contributed by atoms with Crippen LogP contribution >= 0.6 is 0 Å². The zero-order chi connectivity index (χ0) is 15.2. The van der Waals surface area contributed by atoms with Crippen LogP contribution in [-0.2, 0) is 14.3 Å². The van der Waals surface area contributed by atoms with Crippen LogP contribution in [0.5, 0.6) is 0 Å². The molecule has 1 fully saturated rings. The number of carboxylic acid groups (broad SMARTS) is 1. The van der Waals surface area contributed by atoms with E-state index in [-0.39, 0.29) is 18.4 Å². The van der Waals surface area contributed by atoms with Gasteiger partial charge in [-0.15, -0.1) is 0 Å². The van der Waals surface area contributed by atoms with Crippen LogP contribution in [0.25, 0.3) is 0 Å². The lowest BCUT2D eigenvalue weighted by Gasteiger charge is -2.30. The van der Waals surface area contributed by atoms with Crippen molar-refractivity contribution in [3.8, 4) is 0 Å². The smallest absolute Gasteiger partial charge is 0.311 e. The summed E-state index contributed by atoms with van der Waals surface area (Å²) in [6.07, 6.45) is 2.84. The molecule has 0 bridgehead atoms. The van der Waals surface area contributed by atoms with Gasteiger partial charge < -0.3 is 15.2 Å². The minimum absolute atomic E-state index is 0.0376. The maximum atomic E-state index is 12.2. The number of carbonyl (C=O) groups excluding carboxylic acids is 1. The number of nitrogens with one attached hydrogen (secondary N) is 1. The normalized spacial score (nSPS) is 18.6. The van der Waals surface area contributed by atoms with Gasteiger partial charge in [0.05, 0.1) is 5.41 Å². The quantitative estimate of drug-likeness (QED) is 0.750. The molecular weight excluding hydrogens is 258 g/mol. The molecule has 1 aliphatic heterocycles. The van der Waals surface area contributed by atoms with Gasteiger partial charge in [-0.25, -0.2) is 0 Å². The SMILES string of the molecule is CCC(CC)(CNC(=O)C(C)C1CCOCC1)C(=O)O. The molecule has 0 aromatic heterocycles. The minimum atomic E-state index is -0.842. The number of hydrogen-bond donors (Lipinski definition) is 2. The second-order valence-corrected chi connectivity index (χ2v) is 5.75. The van der Waals surface area contributed by atoms with Gasteiger partial charge >= 0.3 is 5.97 Å². The molecule has 1 heterocycles. The van der Waals surface area contributed by atoms with E-state index < -0.39 is 11.4 Å². The van der Waals surface area contributed by atoms with Crippen molar-refractivity contribution in [1.82, 2.24) is 5.32 Å². The first-order valence-electron chi connectivity index (χ1n) is 7.55. The summed E-state index contributed by atoms with van der Waals surface area (Å²) in [6.45, 7) is 7.27. The van der Waals surface area contributed by atoms with Gasteiger partial charge in [0, 0.05) is 25.7 Å². The molecule has 2 N–H and O–H groups in total. The lowest BCUT2D eigenvalue weighted by atomic mass is 9.81. The summed E-state index contributed by atoms with van der Waals surface area (Å²) >= 11 is 0. The Hall–Kier alpha value is -1.10. The average Bonchev–Trinajstić information content (AvgIpc) is 2.48. The first-order chi connectivity index (χ1) is 9.46. The van der Waals surface area contributed by atoms with Gasteiger partial charge in [-0.1, -0.05) is 20.8 Å². The third-order valence-corrected chi connectivity index (χ3v) is 4.79. The van der Waals surface area contributed by atoms with Crippen molar-refractivity contribution in [2.24, 2.45) is 17.3 Å².